The van der Waals surface area contributed by atoms with Gasteiger partial charge in [0.1, 0.15) is 5.58 Å². The predicted octanol–water partition coefficient (Wildman–Crippen LogP) is 5.17. The van der Waals surface area contributed by atoms with Crippen molar-refractivity contribution in [2.45, 2.75) is 38.3 Å². The fourth-order valence-electron chi connectivity index (χ4n) is 3.88. The minimum atomic E-state index is 0.547. The first-order valence-electron chi connectivity index (χ1n) is 9.96. The van der Waals surface area contributed by atoms with Crippen LogP contribution in [0, 0.1) is 0 Å². The number of benzene rings is 2. The normalized spacial score (nSPS) is 16.8. The number of nitrogens with one attached hydrogen (secondary N) is 2. The lowest BCUT2D eigenvalue weighted by atomic mass is 10.1. The highest BCUT2D eigenvalue weighted by atomic mass is 32.1. The number of hydrogen-bond donors (Lipinski definition) is 2. The predicted molar refractivity (Wildman–Crippen MR) is 121 cm³/mol. The Balaban J connectivity index is 0.000000137. The third-order valence-corrected chi connectivity index (χ3v) is 6.56. The van der Waals surface area contributed by atoms with Gasteiger partial charge in [-0.25, -0.2) is 0 Å². The molecule has 2 aromatic heterocycles. The minimum absolute atomic E-state index is 0.547. The Morgan fingerprint density at radius 2 is 1.86 bits per heavy atom. The summed E-state index contributed by atoms with van der Waals surface area (Å²) in [6.45, 7) is 2.21. The minimum Gasteiger partial charge on any atom is -0.464 e. The van der Waals surface area contributed by atoms with Crippen molar-refractivity contribution in [2.24, 2.45) is 0 Å². The van der Waals surface area contributed by atoms with Crippen LogP contribution in [0.2, 0.25) is 0 Å². The van der Waals surface area contributed by atoms with Crippen LogP contribution in [-0.2, 0) is 19.3 Å². The van der Waals surface area contributed by atoms with Crippen molar-refractivity contribution < 1.29 is 4.42 Å². The molecule has 2 heterocycles. The average Bonchev–Trinajstić information content (AvgIpc) is 3.44. The Labute approximate surface area is 170 Å². The number of hydrogen-bond acceptors (Lipinski definition) is 4. The molecule has 0 spiro atoms. The molecule has 0 fully saturated rings. The van der Waals surface area contributed by atoms with Gasteiger partial charge in [0.15, 0.2) is 0 Å². The molecule has 4 aromatic rings. The standard InChI is InChI=1S/C12H13NO.C12H15NS/c1-13-11-5-9-4-8-2-3-14-12(8)7-10(9)6-11;1-9(13-2)7-10-3-4-12-11(8-10)5-6-14-12/h2-4,7,11,13H,5-6H2,1H3;3-6,8-9,13H,7H2,1-2H3. The van der Waals surface area contributed by atoms with E-state index < -0.39 is 0 Å². The summed E-state index contributed by atoms with van der Waals surface area (Å²) in [5.74, 6) is 0. The smallest absolute Gasteiger partial charge is 0.134 e. The molecular weight excluding hydrogens is 364 g/mol. The average molecular weight is 393 g/mol. The molecule has 1 aliphatic carbocycles. The fraction of sp³-hybridized carbons (Fsp3) is 0.333. The summed E-state index contributed by atoms with van der Waals surface area (Å²) in [4.78, 5) is 0. The zero-order chi connectivity index (χ0) is 19.5. The molecule has 5 rings (SSSR count). The van der Waals surface area contributed by atoms with E-state index in [0.717, 1.165) is 24.8 Å². The second-order valence-electron chi connectivity index (χ2n) is 7.66. The Bertz CT molecular complexity index is 1020. The zero-order valence-corrected chi connectivity index (χ0v) is 17.6. The highest BCUT2D eigenvalue weighted by Gasteiger charge is 2.20. The summed E-state index contributed by atoms with van der Waals surface area (Å²) in [6.07, 6.45) is 5.13. The van der Waals surface area contributed by atoms with Gasteiger partial charge in [-0.15, -0.1) is 11.3 Å². The van der Waals surface area contributed by atoms with Gasteiger partial charge in [-0.1, -0.05) is 12.1 Å². The first-order chi connectivity index (χ1) is 13.7. The van der Waals surface area contributed by atoms with E-state index in [1.807, 2.05) is 20.2 Å². The largest absolute Gasteiger partial charge is 0.464 e. The van der Waals surface area contributed by atoms with Crippen molar-refractivity contribution in [3.05, 3.63) is 70.8 Å². The lowest BCUT2D eigenvalue weighted by molar-refractivity contribution is 0.593. The van der Waals surface area contributed by atoms with Gasteiger partial charge in [0, 0.05) is 22.2 Å². The van der Waals surface area contributed by atoms with Crippen LogP contribution in [0.5, 0.6) is 0 Å². The highest BCUT2D eigenvalue weighted by molar-refractivity contribution is 7.17. The van der Waals surface area contributed by atoms with Crippen molar-refractivity contribution >= 4 is 32.4 Å². The molecule has 0 amide bonds. The summed E-state index contributed by atoms with van der Waals surface area (Å²) in [7, 11) is 4.04. The van der Waals surface area contributed by atoms with Gasteiger partial charge < -0.3 is 15.1 Å². The number of fused-ring (bicyclic) bond motifs is 3. The Hall–Kier alpha value is -2.14. The number of furan rings is 1. The van der Waals surface area contributed by atoms with Crippen molar-refractivity contribution in [3.63, 3.8) is 0 Å². The van der Waals surface area contributed by atoms with Crippen molar-refractivity contribution in [3.8, 4) is 0 Å². The summed E-state index contributed by atoms with van der Waals surface area (Å²) >= 11 is 1.81. The molecule has 0 aliphatic heterocycles. The zero-order valence-electron chi connectivity index (χ0n) is 16.8. The summed E-state index contributed by atoms with van der Waals surface area (Å²) in [6, 6.07) is 16.6. The molecule has 0 radical (unpaired) electrons. The van der Waals surface area contributed by atoms with Crippen LogP contribution in [0.1, 0.15) is 23.6 Å². The second-order valence-corrected chi connectivity index (χ2v) is 8.61. The van der Waals surface area contributed by atoms with Gasteiger partial charge >= 0.3 is 0 Å². The first-order valence-corrected chi connectivity index (χ1v) is 10.8. The quantitative estimate of drug-likeness (QED) is 0.503. The van der Waals surface area contributed by atoms with Gasteiger partial charge in [0.2, 0.25) is 0 Å². The fourth-order valence-corrected chi connectivity index (χ4v) is 4.66. The molecular formula is C24H28N2OS. The van der Waals surface area contributed by atoms with Crippen LogP contribution in [-0.4, -0.2) is 26.2 Å². The molecule has 0 saturated carbocycles. The highest BCUT2D eigenvalue weighted by Crippen LogP contribution is 2.28. The molecule has 4 heteroatoms. The van der Waals surface area contributed by atoms with Crippen LogP contribution in [0.3, 0.4) is 0 Å². The lowest BCUT2D eigenvalue weighted by Crippen LogP contribution is -2.24. The topological polar surface area (TPSA) is 37.2 Å². The van der Waals surface area contributed by atoms with Crippen molar-refractivity contribution in [1.82, 2.24) is 10.6 Å². The van der Waals surface area contributed by atoms with E-state index in [2.05, 4.69) is 59.3 Å². The van der Waals surface area contributed by atoms with Crippen LogP contribution in [0.25, 0.3) is 21.1 Å². The molecule has 2 N–H and O–H groups in total. The van der Waals surface area contributed by atoms with E-state index in [4.69, 9.17) is 4.42 Å². The van der Waals surface area contributed by atoms with Gasteiger partial charge in [-0.05, 0) is 98.1 Å². The third-order valence-electron chi connectivity index (χ3n) is 5.67. The molecule has 2 atom stereocenters. The van der Waals surface area contributed by atoms with Crippen LogP contribution in [0.15, 0.2) is 58.5 Å². The molecule has 0 saturated heterocycles. The molecule has 2 aromatic carbocycles. The number of likely N-dealkylation sites (N-methyl/N-ethyl adjacent to an activating group) is 2. The van der Waals surface area contributed by atoms with E-state index in [-0.39, 0.29) is 0 Å². The maximum atomic E-state index is 5.39. The van der Waals surface area contributed by atoms with E-state index in [9.17, 15) is 0 Å². The summed E-state index contributed by atoms with van der Waals surface area (Å²) in [5.41, 5.74) is 5.34. The summed E-state index contributed by atoms with van der Waals surface area (Å²) in [5, 5.41) is 11.3. The second kappa shape index (κ2) is 8.48. The summed E-state index contributed by atoms with van der Waals surface area (Å²) < 4.78 is 6.77. The molecule has 2 unspecified atom stereocenters. The van der Waals surface area contributed by atoms with Gasteiger partial charge in [-0.3, -0.25) is 0 Å². The van der Waals surface area contributed by atoms with Gasteiger partial charge in [0.05, 0.1) is 6.26 Å². The molecule has 146 valence electrons. The first kappa shape index (κ1) is 19.2. The number of rotatable bonds is 4. The van der Waals surface area contributed by atoms with Gasteiger partial charge in [0.25, 0.3) is 0 Å². The van der Waals surface area contributed by atoms with Crippen molar-refractivity contribution in [1.29, 1.82) is 0 Å². The van der Waals surface area contributed by atoms with E-state index in [1.54, 1.807) is 17.6 Å². The molecule has 28 heavy (non-hydrogen) atoms. The van der Waals surface area contributed by atoms with Gasteiger partial charge in [-0.2, -0.15) is 0 Å². The van der Waals surface area contributed by atoms with Crippen molar-refractivity contribution in [2.75, 3.05) is 14.1 Å². The Kier molecular flexibility index (Phi) is 5.81. The SMILES string of the molecule is CNC(C)Cc1ccc2sccc2c1.CNC1Cc2cc3ccoc3cc2C1. The van der Waals surface area contributed by atoms with Crippen LogP contribution >= 0.6 is 11.3 Å². The lowest BCUT2D eigenvalue weighted by Gasteiger charge is -2.09. The maximum absolute atomic E-state index is 5.39. The van der Waals surface area contributed by atoms with E-state index >= 15 is 0 Å². The van der Waals surface area contributed by atoms with Crippen LogP contribution in [0.4, 0.5) is 0 Å². The monoisotopic (exact) mass is 392 g/mol. The third kappa shape index (κ3) is 4.14. The molecule has 1 aliphatic rings. The van der Waals surface area contributed by atoms with Crippen LogP contribution < -0.4 is 10.6 Å². The molecule has 3 nitrogen and oxygen atoms in total. The Morgan fingerprint density at radius 3 is 2.64 bits per heavy atom. The van der Waals surface area contributed by atoms with E-state index in [1.165, 1.54) is 32.2 Å². The molecule has 0 bridgehead atoms. The maximum Gasteiger partial charge on any atom is 0.134 e. The Morgan fingerprint density at radius 1 is 1.04 bits per heavy atom. The van der Waals surface area contributed by atoms with E-state index in [0.29, 0.717) is 12.1 Å². The number of thiophene rings is 1.